The zero-order valence-corrected chi connectivity index (χ0v) is 22.0. The topological polar surface area (TPSA) is 113 Å². The number of carbonyl (C=O) groups is 2. The van der Waals surface area contributed by atoms with Crippen LogP contribution in [0.2, 0.25) is 0 Å². The summed E-state index contributed by atoms with van der Waals surface area (Å²) in [7, 11) is 0. The fourth-order valence-corrected chi connectivity index (χ4v) is 5.71. The second-order valence-corrected chi connectivity index (χ2v) is 10.8. The Kier molecular flexibility index (Phi) is 8.38. The minimum absolute atomic E-state index is 0.0694. The molecule has 2 aromatic rings. The van der Waals surface area contributed by atoms with E-state index in [-0.39, 0.29) is 36.4 Å². The van der Waals surface area contributed by atoms with E-state index in [4.69, 9.17) is 9.97 Å². The Bertz CT molecular complexity index is 1010. The van der Waals surface area contributed by atoms with Crippen molar-refractivity contribution in [3.8, 4) is 11.5 Å². The lowest BCUT2D eigenvalue weighted by Gasteiger charge is -2.31. The molecule has 10 heteroatoms. The average molecular weight is 523 g/mol. The van der Waals surface area contributed by atoms with Gasteiger partial charge in [0.25, 0.3) is 0 Å². The average Bonchev–Trinajstić information content (AvgIpc) is 2.88. The van der Waals surface area contributed by atoms with E-state index in [9.17, 15) is 19.8 Å². The maximum Gasteiger partial charge on any atom is 0.236 e. The van der Waals surface area contributed by atoms with Gasteiger partial charge < -0.3 is 20.0 Å². The van der Waals surface area contributed by atoms with Gasteiger partial charge in [-0.25, -0.2) is 0 Å². The number of hydrogen-bond donors (Lipinski definition) is 2. The maximum absolute atomic E-state index is 13.1. The number of piperidine rings is 2. The van der Waals surface area contributed by atoms with Crippen LogP contribution in [-0.4, -0.2) is 90.9 Å². The molecule has 2 N–H and O–H groups in total. The number of likely N-dealkylation sites (tertiary alicyclic amines) is 2. The summed E-state index contributed by atoms with van der Waals surface area (Å²) in [6.45, 7) is 4.92. The number of rotatable bonds is 4. The highest BCUT2D eigenvalue weighted by Gasteiger charge is 2.24. The van der Waals surface area contributed by atoms with Crippen LogP contribution in [0, 0.1) is 0 Å². The Labute approximate surface area is 223 Å². The van der Waals surface area contributed by atoms with E-state index in [1.807, 2.05) is 19.6 Å². The van der Waals surface area contributed by atoms with Crippen molar-refractivity contribution in [2.24, 2.45) is 0 Å². The molecule has 10 nitrogen and oxygen atoms in total. The van der Waals surface area contributed by atoms with E-state index in [0.29, 0.717) is 49.0 Å². The summed E-state index contributed by atoms with van der Waals surface area (Å²) < 4.78 is 0. The Hall–Kier alpha value is -3.24. The molecule has 0 aromatic carbocycles. The van der Waals surface area contributed by atoms with Crippen molar-refractivity contribution in [3.05, 3.63) is 47.0 Å². The van der Waals surface area contributed by atoms with Crippen molar-refractivity contribution >= 4 is 11.8 Å². The third kappa shape index (κ3) is 6.99. The van der Waals surface area contributed by atoms with Crippen LogP contribution in [0.4, 0.5) is 0 Å². The summed E-state index contributed by atoms with van der Waals surface area (Å²) in [5.41, 5.74) is 2.59. The molecule has 0 radical (unpaired) electrons. The monoisotopic (exact) mass is 522 g/mol. The Morgan fingerprint density at radius 2 is 0.895 bits per heavy atom. The first-order chi connectivity index (χ1) is 18.4. The summed E-state index contributed by atoms with van der Waals surface area (Å²) in [6.07, 6.45) is 6.41. The van der Waals surface area contributed by atoms with Gasteiger partial charge in [0.05, 0.1) is 35.9 Å². The normalized spacial score (nSPS) is 19.5. The van der Waals surface area contributed by atoms with Crippen molar-refractivity contribution in [1.29, 1.82) is 0 Å². The predicted molar refractivity (Wildman–Crippen MR) is 141 cm³/mol. The molecule has 5 heterocycles. The third-order valence-electron chi connectivity index (χ3n) is 7.51. The molecule has 4 bridgehead atoms. The van der Waals surface area contributed by atoms with Crippen LogP contribution >= 0.6 is 0 Å². The van der Waals surface area contributed by atoms with Gasteiger partial charge in [-0.15, -0.1) is 0 Å². The second-order valence-electron chi connectivity index (χ2n) is 10.8. The van der Waals surface area contributed by atoms with E-state index >= 15 is 0 Å². The van der Waals surface area contributed by atoms with Crippen molar-refractivity contribution in [1.82, 2.24) is 29.6 Å². The molecule has 0 spiro atoms. The first-order valence-corrected chi connectivity index (χ1v) is 13.8. The first kappa shape index (κ1) is 26.4. The van der Waals surface area contributed by atoms with Crippen LogP contribution in [0.3, 0.4) is 0 Å². The van der Waals surface area contributed by atoms with Gasteiger partial charge in [-0.2, -0.15) is 0 Å². The lowest BCUT2D eigenvalue weighted by atomic mass is 10.1. The molecule has 2 aromatic heterocycles. The molecular formula is C28H38N6O4. The van der Waals surface area contributed by atoms with E-state index < -0.39 is 0 Å². The van der Waals surface area contributed by atoms with Gasteiger partial charge in [-0.05, 0) is 38.5 Å². The van der Waals surface area contributed by atoms with Crippen molar-refractivity contribution in [2.75, 3.05) is 39.3 Å². The van der Waals surface area contributed by atoms with Gasteiger partial charge in [-0.1, -0.05) is 0 Å². The molecule has 204 valence electrons. The van der Waals surface area contributed by atoms with Crippen LogP contribution in [0.1, 0.15) is 61.3 Å². The highest BCUT2D eigenvalue weighted by Crippen LogP contribution is 2.22. The minimum atomic E-state index is 0.0694. The Morgan fingerprint density at radius 3 is 1.21 bits per heavy atom. The third-order valence-corrected chi connectivity index (χ3v) is 7.51. The van der Waals surface area contributed by atoms with Crippen LogP contribution < -0.4 is 0 Å². The van der Waals surface area contributed by atoms with Crippen molar-refractivity contribution in [2.45, 2.75) is 64.7 Å². The smallest absolute Gasteiger partial charge is 0.236 e. The summed E-state index contributed by atoms with van der Waals surface area (Å²) in [5, 5.41) is 21.0. The van der Waals surface area contributed by atoms with Gasteiger partial charge in [0.2, 0.25) is 11.8 Å². The SMILES string of the molecule is O=C(CN1Cc2cc(O)cc(n2)CN(CC(=O)N2CCCCC2)Cc2cc(O)cc(n2)C1)N1CCCCC1. The Morgan fingerprint density at radius 1 is 0.579 bits per heavy atom. The molecule has 0 aliphatic carbocycles. The molecular weight excluding hydrogens is 484 g/mol. The second kappa shape index (κ2) is 12.1. The van der Waals surface area contributed by atoms with Crippen LogP contribution in [0.25, 0.3) is 0 Å². The summed E-state index contributed by atoms with van der Waals surface area (Å²) in [5.74, 6) is 0.363. The van der Waals surface area contributed by atoms with E-state index in [1.165, 1.54) is 0 Å². The van der Waals surface area contributed by atoms with Gasteiger partial charge in [0.15, 0.2) is 0 Å². The van der Waals surface area contributed by atoms with Gasteiger partial charge >= 0.3 is 0 Å². The number of hydrogen-bond acceptors (Lipinski definition) is 8. The minimum Gasteiger partial charge on any atom is -0.508 e. The van der Waals surface area contributed by atoms with Crippen LogP contribution in [0.15, 0.2) is 24.3 Å². The van der Waals surface area contributed by atoms with E-state index in [2.05, 4.69) is 0 Å². The molecule has 38 heavy (non-hydrogen) atoms. The van der Waals surface area contributed by atoms with Crippen LogP contribution in [0.5, 0.6) is 11.5 Å². The summed E-state index contributed by atoms with van der Waals surface area (Å²) in [6, 6.07) is 6.49. The van der Waals surface area contributed by atoms with Crippen molar-refractivity contribution < 1.29 is 19.8 Å². The summed E-state index contributed by atoms with van der Waals surface area (Å²) >= 11 is 0. The molecule has 2 fully saturated rings. The predicted octanol–water partition coefficient (Wildman–Crippen LogP) is 2.23. The van der Waals surface area contributed by atoms with Gasteiger partial charge in [0, 0.05) is 76.6 Å². The van der Waals surface area contributed by atoms with Crippen LogP contribution in [-0.2, 0) is 35.8 Å². The number of aromatic hydroxyl groups is 2. The maximum atomic E-state index is 13.1. The number of aromatic nitrogens is 2. The zero-order valence-electron chi connectivity index (χ0n) is 22.0. The number of fused-ring (bicyclic) bond motifs is 4. The lowest BCUT2D eigenvalue weighted by Crippen LogP contribution is -2.43. The number of nitrogens with zero attached hydrogens (tertiary/aromatic N) is 6. The fourth-order valence-electron chi connectivity index (χ4n) is 5.71. The Balaban J connectivity index is 1.41. The highest BCUT2D eigenvalue weighted by molar-refractivity contribution is 5.78. The van der Waals surface area contributed by atoms with E-state index in [0.717, 1.165) is 64.7 Å². The molecule has 3 aliphatic rings. The quantitative estimate of drug-likeness (QED) is 0.629. The van der Waals surface area contributed by atoms with Crippen molar-refractivity contribution in [3.63, 3.8) is 0 Å². The lowest BCUT2D eigenvalue weighted by molar-refractivity contribution is -0.134. The van der Waals surface area contributed by atoms with Gasteiger partial charge in [0.1, 0.15) is 11.5 Å². The molecule has 3 aliphatic heterocycles. The molecule has 0 unspecified atom stereocenters. The molecule has 0 atom stereocenters. The molecule has 2 saturated heterocycles. The zero-order chi connectivity index (χ0) is 26.5. The molecule has 5 rings (SSSR count). The number of carbonyl (C=O) groups excluding carboxylic acids is 2. The molecule has 2 amide bonds. The van der Waals surface area contributed by atoms with E-state index in [1.54, 1.807) is 24.3 Å². The highest BCUT2D eigenvalue weighted by atomic mass is 16.3. The largest absolute Gasteiger partial charge is 0.508 e. The fraction of sp³-hybridized carbons (Fsp3) is 0.571. The molecule has 0 saturated carbocycles. The number of amides is 2. The first-order valence-electron chi connectivity index (χ1n) is 13.8. The standard InChI is InChI=1S/C28H38N6O4/c35-25-11-21-15-31(19-27(37)33-7-3-1-4-8-33)16-22-12-26(36)14-24(30-22)18-32(17-23(13-25)29-21)20-28(38)34-9-5-2-6-10-34/h11-14H,1-10,15-20H2,(H,29,35)(H,30,36). The van der Waals surface area contributed by atoms with Gasteiger partial charge in [-0.3, -0.25) is 29.4 Å². The summed E-state index contributed by atoms with van der Waals surface area (Å²) in [4.78, 5) is 43.6. The number of pyridine rings is 2.